The molecule has 4 aromatic rings. The molecular weight excluding hydrogens is 931 g/mol. The number of imide groups is 1. The molecule has 0 radical (unpaired) electrons. The van der Waals surface area contributed by atoms with Crippen LogP contribution < -0.4 is 20.4 Å². The van der Waals surface area contributed by atoms with Crippen LogP contribution in [0.5, 0.6) is 0 Å². The minimum atomic E-state index is -0.687. The summed E-state index contributed by atoms with van der Waals surface area (Å²) < 4.78 is 2.20. The van der Waals surface area contributed by atoms with Gasteiger partial charge in [-0.3, -0.25) is 34.2 Å². The molecule has 3 aromatic heterocycles. The largest absolute Gasteiger partial charge is 0.366 e. The smallest absolute Gasteiger partial charge is 0.238 e. The number of fused-ring (bicyclic) bond motifs is 5. The van der Waals surface area contributed by atoms with Crippen molar-refractivity contribution in [1.82, 2.24) is 39.5 Å². The number of amides is 5. The third kappa shape index (κ3) is 8.36. The Morgan fingerprint density at radius 3 is 2.19 bits per heavy atom. The molecule has 1 unspecified atom stereocenters. The van der Waals surface area contributed by atoms with E-state index >= 15 is 4.79 Å². The lowest BCUT2D eigenvalue weighted by Crippen LogP contribution is -2.59. The number of likely N-dealkylation sites (tertiary alicyclic amines) is 3. The summed E-state index contributed by atoms with van der Waals surface area (Å²) in [5, 5.41) is 6.15. The second kappa shape index (κ2) is 18.4. The van der Waals surface area contributed by atoms with E-state index in [1.165, 1.54) is 32.4 Å². The molecule has 1 aromatic carbocycles. The van der Waals surface area contributed by atoms with Crippen LogP contribution in [0.4, 0.5) is 17.3 Å². The Morgan fingerprint density at radius 1 is 0.784 bits per heavy atom. The Morgan fingerprint density at radius 2 is 1.51 bits per heavy atom. The van der Waals surface area contributed by atoms with Gasteiger partial charge in [-0.1, -0.05) is 25.1 Å². The van der Waals surface area contributed by atoms with Gasteiger partial charge in [-0.2, -0.15) is 0 Å². The van der Waals surface area contributed by atoms with Crippen LogP contribution in [-0.2, 0) is 29.4 Å². The normalized spacial score (nSPS) is 28.0. The highest BCUT2D eigenvalue weighted by molar-refractivity contribution is 6.09. The fraction of sp³-hybridized carbons (Fsp3) is 0.621. The number of hydrogen-bond acceptors (Lipinski definition) is 11. The van der Waals surface area contributed by atoms with Gasteiger partial charge in [0.05, 0.1) is 28.9 Å². The molecule has 9 heterocycles. The average molecular weight is 1000 g/mol. The lowest BCUT2D eigenvalue weighted by molar-refractivity contribution is -0.150. The molecule has 1 spiro atoms. The van der Waals surface area contributed by atoms with E-state index in [-0.39, 0.29) is 53.5 Å². The monoisotopic (exact) mass is 1000 g/mol. The van der Waals surface area contributed by atoms with Gasteiger partial charge in [-0.25, -0.2) is 15.0 Å². The molecular formula is C58H73N11O5. The number of pyridine rings is 2. The van der Waals surface area contributed by atoms with Gasteiger partial charge in [0.1, 0.15) is 11.3 Å². The van der Waals surface area contributed by atoms with E-state index < -0.39 is 10.8 Å². The van der Waals surface area contributed by atoms with Crippen LogP contribution >= 0.6 is 0 Å². The van der Waals surface area contributed by atoms with Crippen LogP contribution in [0.25, 0.3) is 22.3 Å². The number of nitrogens with one attached hydrogen (secondary N) is 2. The number of nitrogens with zero attached hydrogens (tertiary/aromatic N) is 9. The van der Waals surface area contributed by atoms with Crippen LogP contribution in [0.2, 0.25) is 0 Å². The lowest BCUT2D eigenvalue weighted by atomic mass is 9.72. The lowest BCUT2D eigenvalue weighted by Gasteiger charge is -2.49. The minimum Gasteiger partial charge on any atom is -0.366 e. The molecule has 5 saturated heterocycles. The third-order valence-electron chi connectivity index (χ3n) is 19.5. The predicted octanol–water partition coefficient (Wildman–Crippen LogP) is 7.18. The summed E-state index contributed by atoms with van der Waals surface area (Å²) in [6.45, 7) is 12.5. The fourth-order valence-corrected chi connectivity index (χ4v) is 14.7. The molecule has 3 saturated carbocycles. The van der Waals surface area contributed by atoms with E-state index in [0.717, 1.165) is 101 Å². The van der Waals surface area contributed by atoms with Crippen molar-refractivity contribution >= 4 is 57.9 Å². The van der Waals surface area contributed by atoms with E-state index in [9.17, 15) is 19.2 Å². The first kappa shape index (κ1) is 47.8. The van der Waals surface area contributed by atoms with Gasteiger partial charge in [0, 0.05) is 112 Å². The molecule has 3 aliphatic carbocycles. The molecule has 8 fully saturated rings. The number of hydrogen-bond donors (Lipinski definition) is 2. The van der Waals surface area contributed by atoms with E-state index in [1.54, 1.807) is 6.20 Å². The summed E-state index contributed by atoms with van der Waals surface area (Å²) >= 11 is 0. The molecule has 390 valence electrons. The van der Waals surface area contributed by atoms with E-state index in [2.05, 4.69) is 79.9 Å². The van der Waals surface area contributed by atoms with Crippen molar-refractivity contribution in [2.75, 3.05) is 67.5 Å². The Balaban J connectivity index is 0.674. The summed E-state index contributed by atoms with van der Waals surface area (Å²) in [7, 11) is 0. The van der Waals surface area contributed by atoms with Crippen molar-refractivity contribution in [3.05, 3.63) is 60.0 Å². The zero-order chi connectivity index (χ0) is 50.6. The Kier molecular flexibility index (Phi) is 11.9. The van der Waals surface area contributed by atoms with Crippen LogP contribution in [0.15, 0.2) is 48.9 Å². The van der Waals surface area contributed by atoms with E-state index in [4.69, 9.17) is 9.97 Å². The number of imidazole rings is 1. The molecule has 16 heteroatoms. The molecule has 2 N–H and O–H groups in total. The zero-order valence-corrected chi connectivity index (χ0v) is 43.6. The van der Waals surface area contributed by atoms with Crippen molar-refractivity contribution < 1.29 is 24.0 Å². The minimum absolute atomic E-state index is 0.0724. The Labute approximate surface area is 434 Å². The average Bonchev–Trinajstić information content (AvgIpc) is 3.94. The first-order valence-corrected chi connectivity index (χ1v) is 28.3. The maximum absolute atomic E-state index is 15.4. The molecule has 16 nitrogen and oxygen atoms in total. The maximum Gasteiger partial charge on any atom is 0.238 e. The molecule has 6 aliphatic heterocycles. The number of aromatic nitrogens is 4. The van der Waals surface area contributed by atoms with Gasteiger partial charge in [-0.05, 0) is 145 Å². The van der Waals surface area contributed by atoms with Gasteiger partial charge in [0.15, 0.2) is 5.82 Å². The van der Waals surface area contributed by atoms with Crippen LogP contribution in [0, 0.1) is 23.2 Å². The van der Waals surface area contributed by atoms with Gasteiger partial charge in [0.2, 0.25) is 29.5 Å². The van der Waals surface area contributed by atoms with Crippen molar-refractivity contribution in [3.8, 4) is 11.3 Å². The number of carbonyl (C=O) groups excluding carboxylic acids is 5. The molecule has 9 aliphatic rings. The van der Waals surface area contributed by atoms with Gasteiger partial charge in [0.25, 0.3) is 0 Å². The highest BCUT2D eigenvalue weighted by Gasteiger charge is 2.57. The van der Waals surface area contributed by atoms with Crippen molar-refractivity contribution in [2.24, 2.45) is 23.2 Å². The second-order valence-corrected chi connectivity index (χ2v) is 24.5. The summed E-state index contributed by atoms with van der Waals surface area (Å²) in [5.41, 5.74) is 5.48. The van der Waals surface area contributed by atoms with Gasteiger partial charge >= 0.3 is 0 Å². The van der Waals surface area contributed by atoms with Crippen LogP contribution in [0.1, 0.15) is 140 Å². The number of rotatable bonds is 10. The molecule has 5 amide bonds. The fourth-order valence-electron chi connectivity index (χ4n) is 14.7. The van der Waals surface area contributed by atoms with Crippen molar-refractivity contribution in [3.63, 3.8) is 0 Å². The molecule has 74 heavy (non-hydrogen) atoms. The molecule has 13 rings (SSSR count). The van der Waals surface area contributed by atoms with E-state index in [1.807, 2.05) is 28.3 Å². The van der Waals surface area contributed by atoms with Gasteiger partial charge < -0.3 is 29.5 Å². The SMILES string of the molecule is CC(C)n1cnc2cc(-c3ccc4c(c3)N(C3CC(N5CC6CC[C@@H](C6)C5)C3)C(=O)C43CCN(C(=O)C4(C)CCN(C(=O)C5CCN(c6ccc([C@H]7CCC(=O)NC7=O)cn6)CC5)CC4)CC3)nc(NC3CC3)c21. The first-order chi connectivity index (χ1) is 35.8. The molecule has 2 bridgehead atoms. The van der Waals surface area contributed by atoms with E-state index in [0.29, 0.717) is 89.9 Å². The zero-order valence-electron chi connectivity index (χ0n) is 43.6. The predicted molar refractivity (Wildman–Crippen MR) is 282 cm³/mol. The number of benzene rings is 1. The summed E-state index contributed by atoms with van der Waals surface area (Å²) in [6, 6.07) is 13.9. The standard InChI is InChI=1S/C58H73N11O5/c1-35(2)68-34-60-47-30-46(62-52(51(47)68)61-41-8-9-41)39-6-11-45-48(27-39)69(43-28-42(29-43)67-32-36-4-5-37(26-36)33-67)56(74)58(45)18-24-66(25-19-58)55(73)57(3)16-22-65(23-17-57)54(72)38-14-20-64(21-15-38)49-12-7-40(31-59-49)44-10-13-50(70)63-53(44)71/h6-7,11-12,27,30-31,34-38,41-44H,4-5,8-10,13-26,28-29,32-33H2,1-3H3,(H,61,62)(H,63,70,71)/t36-,37?,42?,43?,44+/m0/s1. The maximum atomic E-state index is 15.4. The summed E-state index contributed by atoms with van der Waals surface area (Å²) in [5.74, 6) is 2.96. The highest BCUT2D eigenvalue weighted by Crippen LogP contribution is 2.53. The Hall–Kier alpha value is -5.90. The second-order valence-electron chi connectivity index (χ2n) is 24.5. The van der Waals surface area contributed by atoms with Gasteiger partial charge in [-0.15, -0.1) is 0 Å². The Bertz CT molecular complexity index is 2870. The topological polar surface area (TPSA) is 169 Å². The van der Waals surface area contributed by atoms with Crippen LogP contribution in [-0.4, -0.2) is 134 Å². The summed E-state index contributed by atoms with van der Waals surface area (Å²) in [4.78, 5) is 94.0. The van der Waals surface area contributed by atoms with Crippen molar-refractivity contribution in [1.29, 1.82) is 0 Å². The van der Waals surface area contributed by atoms with Crippen molar-refractivity contribution in [2.45, 2.75) is 153 Å². The highest BCUT2D eigenvalue weighted by atomic mass is 16.2. The number of anilines is 3. The van der Waals surface area contributed by atoms with Crippen LogP contribution in [0.3, 0.4) is 0 Å². The first-order valence-electron chi connectivity index (χ1n) is 28.3. The quantitative estimate of drug-likeness (QED) is 0.154. The summed E-state index contributed by atoms with van der Waals surface area (Å²) in [6.07, 6.45) is 16.8. The molecule has 3 atom stereocenters. The number of piperidine rings is 5. The number of carbonyl (C=O) groups is 5. The third-order valence-corrected chi connectivity index (χ3v) is 19.5.